The van der Waals surface area contributed by atoms with Crippen LogP contribution in [-0.2, 0) is 9.59 Å². The van der Waals surface area contributed by atoms with E-state index in [-0.39, 0.29) is 35.0 Å². The van der Waals surface area contributed by atoms with Gasteiger partial charge in [0.05, 0.1) is 17.0 Å². The Balaban J connectivity index is 0.000000321. The maximum absolute atomic E-state index is 13.4. The van der Waals surface area contributed by atoms with Gasteiger partial charge in [-0.25, -0.2) is 4.39 Å². The highest BCUT2D eigenvalue weighted by atomic mass is 19.1. The number of primary amides is 1. The molecule has 1 saturated heterocycles. The van der Waals surface area contributed by atoms with Crippen LogP contribution in [0.1, 0.15) is 57.6 Å². The summed E-state index contributed by atoms with van der Waals surface area (Å²) in [6.07, 6.45) is 6.92. The average molecular weight is 512 g/mol. The van der Waals surface area contributed by atoms with E-state index in [1.54, 1.807) is 12.1 Å². The molecule has 38 heavy (non-hydrogen) atoms. The van der Waals surface area contributed by atoms with Crippen molar-refractivity contribution >= 4 is 28.4 Å². The lowest BCUT2D eigenvalue weighted by atomic mass is 9.98. The lowest BCUT2D eigenvalue weighted by Crippen LogP contribution is -2.29. The van der Waals surface area contributed by atoms with E-state index in [0.29, 0.717) is 0 Å². The van der Waals surface area contributed by atoms with E-state index in [1.807, 2.05) is 59.8 Å². The number of fused-ring (bicyclic) bond motifs is 1. The van der Waals surface area contributed by atoms with Crippen LogP contribution in [0.4, 0.5) is 10.1 Å². The average Bonchev–Trinajstić information content (AvgIpc) is 3.87. The Kier molecular flexibility index (Phi) is 7.06. The van der Waals surface area contributed by atoms with E-state index in [0.717, 1.165) is 54.4 Å². The van der Waals surface area contributed by atoms with E-state index in [1.165, 1.54) is 17.7 Å². The molecule has 196 valence electrons. The molecule has 1 aromatic heterocycles. The quantitative estimate of drug-likeness (QED) is 0.323. The normalized spacial score (nSPS) is 19.0. The van der Waals surface area contributed by atoms with Crippen molar-refractivity contribution in [2.24, 2.45) is 17.1 Å². The molecule has 1 aliphatic heterocycles. The lowest BCUT2D eigenvalue weighted by molar-refractivity contribution is -0.121. The first-order valence-corrected chi connectivity index (χ1v) is 13.5. The van der Waals surface area contributed by atoms with Crippen LogP contribution in [0.25, 0.3) is 16.6 Å². The zero-order valence-corrected chi connectivity index (χ0v) is 21.9. The first-order valence-electron chi connectivity index (χ1n) is 13.5. The minimum atomic E-state index is -0.244. The van der Waals surface area contributed by atoms with Crippen LogP contribution in [0.2, 0.25) is 0 Å². The molecule has 7 rings (SSSR count). The van der Waals surface area contributed by atoms with E-state index in [4.69, 9.17) is 5.73 Å². The number of nitrogens with two attached hydrogens (primary N) is 1. The van der Waals surface area contributed by atoms with Crippen LogP contribution >= 0.6 is 0 Å². The van der Waals surface area contributed by atoms with Crippen LogP contribution < -0.4 is 10.6 Å². The molecule has 2 amide bonds. The first-order chi connectivity index (χ1) is 18.4. The van der Waals surface area contributed by atoms with Gasteiger partial charge in [0.25, 0.3) is 0 Å². The lowest BCUT2D eigenvalue weighted by Gasteiger charge is -2.25. The molecule has 2 saturated carbocycles. The van der Waals surface area contributed by atoms with Crippen molar-refractivity contribution in [1.29, 1.82) is 0 Å². The molecular weight excluding hydrogens is 477 g/mol. The smallest absolute Gasteiger partial charge is 0.233 e. The third-order valence-corrected chi connectivity index (χ3v) is 7.64. The monoisotopic (exact) mass is 511 g/mol. The molecule has 2 N–H and O–H groups in total. The third kappa shape index (κ3) is 4.95. The van der Waals surface area contributed by atoms with Gasteiger partial charge in [-0.1, -0.05) is 44.2 Å². The van der Waals surface area contributed by atoms with Crippen LogP contribution in [-0.4, -0.2) is 16.4 Å². The molecule has 1 atom stereocenters. The molecular formula is C32H34FN3O2. The van der Waals surface area contributed by atoms with Gasteiger partial charge in [-0.05, 0) is 86.2 Å². The van der Waals surface area contributed by atoms with Crippen LogP contribution in [0.3, 0.4) is 0 Å². The van der Waals surface area contributed by atoms with Crippen LogP contribution in [0.5, 0.6) is 0 Å². The second-order valence-electron chi connectivity index (χ2n) is 10.2. The number of nitrogens with zero attached hydrogens (tertiary/aromatic N) is 2. The van der Waals surface area contributed by atoms with Crippen molar-refractivity contribution in [3.05, 3.63) is 96.4 Å². The molecule has 4 aromatic rings. The van der Waals surface area contributed by atoms with Crippen molar-refractivity contribution in [2.75, 3.05) is 4.90 Å². The SMILES string of the molecule is CC.NC(=O)C1CC1.O=C1N(c2ccc3c(ccn3-c3ccc(F)cc3)c2)C(c2ccccc2)CC12CC2. The second-order valence-corrected chi connectivity index (χ2v) is 10.2. The summed E-state index contributed by atoms with van der Waals surface area (Å²) in [7, 11) is 0. The third-order valence-electron chi connectivity index (χ3n) is 7.64. The fourth-order valence-corrected chi connectivity index (χ4v) is 5.23. The summed E-state index contributed by atoms with van der Waals surface area (Å²) in [5.74, 6) is 0.125. The minimum absolute atomic E-state index is 0.0813. The number of carbonyl (C=O) groups excluding carboxylic acids is 2. The maximum Gasteiger partial charge on any atom is 0.233 e. The van der Waals surface area contributed by atoms with Gasteiger partial charge in [0.1, 0.15) is 5.82 Å². The topological polar surface area (TPSA) is 68.3 Å². The highest BCUT2D eigenvalue weighted by Crippen LogP contribution is 2.60. The Morgan fingerprint density at radius 2 is 1.58 bits per heavy atom. The Bertz CT molecular complexity index is 1440. The number of aromatic nitrogens is 1. The van der Waals surface area contributed by atoms with E-state index >= 15 is 0 Å². The molecule has 0 bridgehead atoms. The van der Waals surface area contributed by atoms with E-state index < -0.39 is 0 Å². The highest BCUT2D eigenvalue weighted by molar-refractivity contribution is 6.04. The van der Waals surface area contributed by atoms with Crippen molar-refractivity contribution in [1.82, 2.24) is 4.57 Å². The Morgan fingerprint density at radius 1 is 0.921 bits per heavy atom. The van der Waals surface area contributed by atoms with Gasteiger partial charge in [0.2, 0.25) is 11.8 Å². The fraction of sp³-hybridized carbons (Fsp3) is 0.312. The number of anilines is 1. The van der Waals surface area contributed by atoms with E-state index in [2.05, 4.69) is 24.3 Å². The van der Waals surface area contributed by atoms with Gasteiger partial charge in [-0.3, -0.25) is 9.59 Å². The first kappa shape index (κ1) is 25.7. The number of halogens is 1. The zero-order chi connectivity index (χ0) is 26.9. The number of hydrogen-bond donors (Lipinski definition) is 1. The predicted molar refractivity (Wildman–Crippen MR) is 149 cm³/mol. The second kappa shape index (κ2) is 10.4. The molecule has 3 aromatic carbocycles. The largest absolute Gasteiger partial charge is 0.369 e. The molecule has 1 unspecified atom stereocenters. The standard InChI is InChI=1S/C26H21FN2O.C4H7NO.C2H6/c27-20-6-8-21(9-7-20)28-15-12-19-16-22(10-11-23(19)28)29-24(18-4-2-1-3-5-18)17-26(13-14-26)25(29)30;5-4(6)3-1-2-3;1-2/h1-12,15-16,24H,13-14,17H2;3H,1-2H2,(H2,5,6);1-2H3. The van der Waals surface area contributed by atoms with Gasteiger partial charge in [0.15, 0.2) is 0 Å². The van der Waals surface area contributed by atoms with Gasteiger partial charge < -0.3 is 15.2 Å². The summed E-state index contributed by atoms with van der Waals surface area (Å²) in [5.41, 5.74) is 8.79. The Labute approximate surface area is 223 Å². The molecule has 2 aliphatic carbocycles. The molecule has 0 radical (unpaired) electrons. The number of rotatable bonds is 4. The van der Waals surface area contributed by atoms with Crippen LogP contribution in [0.15, 0.2) is 85.1 Å². The van der Waals surface area contributed by atoms with Gasteiger partial charge in [-0.2, -0.15) is 0 Å². The van der Waals surface area contributed by atoms with Gasteiger partial charge in [-0.15, -0.1) is 0 Å². The van der Waals surface area contributed by atoms with Crippen molar-refractivity contribution < 1.29 is 14.0 Å². The summed E-state index contributed by atoms with van der Waals surface area (Å²) in [6, 6.07) is 25.2. The predicted octanol–water partition coefficient (Wildman–Crippen LogP) is 6.94. The number of hydrogen-bond acceptors (Lipinski definition) is 2. The van der Waals surface area contributed by atoms with Gasteiger partial charge in [0, 0.05) is 28.9 Å². The van der Waals surface area contributed by atoms with Gasteiger partial charge >= 0.3 is 0 Å². The molecule has 3 aliphatic rings. The molecule has 3 fully saturated rings. The summed E-state index contributed by atoms with van der Waals surface area (Å²) >= 11 is 0. The summed E-state index contributed by atoms with van der Waals surface area (Å²) in [4.78, 5) is 25.3. The molecule has 5 nitrogen and oxygen atoms in total. The maximum atomic E-state index is 13.4. The summed E-state index contributed by atoms with van der Waals surface area (Å²) in [5, 5.41) is 1.06. The number of benzene rings is 3. The molecule has 2 heterocycles. The molecule has 1 spiro atoms. The number of carbonyl (C=O) groups is 2. The van der Waals surface area contributed by atoms with Crippen molar-refractivity contribution in [2.45, 2.75) is 52.0 Å². The van der Waals surface area contributed by atoms with E-state index in [9.17, 15) is 14.0 Å². The van der Waals surface area contributed by atoms with Crippen LogP contribution in [0, 0.1) is 17.2 Å². The molecule has 6 heteroatoms. The van der Waals surface area contributed by atoms with Crippen molar-refractivity contribution in [3.8, 4) is 5.69 Å². The Hall–Kier alpha value is -3.93. The number of amides is 2. The summed E-state index contributed by atoms with van der Waals surface area (Å²) in [6.45, 7) is 4.00. The summed E-state index contributed by atoms with van der Waals surface area (Å²) < 4.78 is 15.3. The highest BCUT2D eigenvalue weighted by Gasteiger charge is 2.59. The fourth-order valence-electron chi connectivity index (χ4n) is 5.23. The van der Waals surface area contributed by atoms with Crippen molar-refractivity contribution in [3.63, 3.8) is 0 Å². The Morgan fingerprint density at radius 3 is 2.16 bits per heavy atom. The minimum Gasteiger partial charge on any atom is -0.369 e. The zero-order valence-electron chi connectivity index (χ0n) is 21.9.